The maximum atomic E-state index is 12.0. The van der Waals surface area contributed by atoms with Crippen molar-refractivity contribution in [2.45, 2.75) is 83.7 Å². The summed E-state index contributed by atoms with van der Waals surface area (Å²) < 4.78 is 24.5. The van der Waals surface area contributed by atoms with Crippen molar-refractivity contribution < 1.29 is 28.5 Å². The van der Waals surface area contributed by atoms with Crippen LogP contribution < -0.4 is 9.47 Å². The lowest BCUT2D eigenvalue weighted by Crippen LogP contribution is -2.45. The zero-order valence-electron chi connectivity index (χ0n) is 21.4. The van der Waals surface area contributed by atoms with Crippen molar-refractivity contribution in [3.8, 4) is 11.5 Å². The van der Waals surface area contributed by atoms with Gasteiger partial charge in [0.05, 0.1) is 12.2 Å². The summed E-state index contributed by atoms with van der Waals surface area (Å²) in [5.74, 6) is 0.751. The SMILES string of the molecule is CC(=O)Oc1cc2c(c(OC(C)=O)c1)[C@H]1CC[C@]3(C)[C@@H]4OC(C)(c5ccccc5)O[C@@H]4C[C@H]3[C@H]1CC2. The molecule has 0 aromatic heterocycles. The van der Waals surface area contributed by atoms with Gasteiger partial charge in [-0.1, -0.05) is 37.3 Å². The first-order valence-electron chi connectivity index (χ1n) is 13.1. The van der Waals surface area contributed by atoms with Crippen molar-refractivity contribution in [1.82, 2.24) is 0 Å². The van der Waals surface area contributed by atoms with Crippen LogP contribution in [0.4, 0.5) is 0 Å². The van der Waals surface area contributed by atoms with E-state index in [2.05, 4.69) is 19.1 Å². The van der Waals surface area contributed by atoms with E-state index in [-0.39, 0.29) is 29.6 Å². The normalized spacial score (nSPS) is 36.3. The first-order valence-corrected chi connectivity index (χ1v) is 13.1. The molecule has 6 nitrogen and oxygen atoms in total. The van der Waals surface area contributed by atoms with Crippen molar-refractivity contribution in [3.05, 3.63) is 59.2 Å². The topological polar surface area (TPSA) is 71.1 Å². The molecular formula is C30H34O6. The third-order valence-corrected chi connectivity index (χ3v) is 9.21. The molecule has 0 bridgehead atoms. The van der Waals surface area contributed by atoms with Crippen molar-refractivity contribution in [2.75, 3.05) is 0 Å². The predicted octanol–water partition coefficient (Wildman–Crippen LogP) is 5.66. The maximum Gasteiger partial charge on any atom is 0.308 e. The van der Waals surface area contributed by atoms with Gasteiger partial charge in [-0.2, -0.15) is 0 Å². The minimum absolute atomic E-state index is 0.0369. The smallest absolute Gasteiger partial charge is 0.308 e. The lowest BCUT2D eigenvalue weighted by molar-refractivity contribution is -0.198. The quantitative estimate of drug-likeness (QED) is 0.408. The van der Waals surface area contributed by atoms with Gasteiger partial charge < -0.3 is 18.9 Å². The van der Waals surface area contributed by atoms with Crippen LogP contribution >= 0.6 is 0 Å². The van der Waals surface area contributed by atoms with E-state index in [9.17, 15) is 9.59 Å². The van der Waals surface area contributed by atoms with E-state index < -0.39 is 5.79 Å². The number of carbonyl (C=O) groups excluding carboxylic acids is 2. The highest BCUT2D eigenvalue weighted by atomic mass is 16.8. The lowest BCUT2D eigenvalue weighted by Gasteiger charge is -2.50. The van der Waals surface area contributed by atoms with Gasteiger partial charge in [-0.25, -0.2) is 0 Å². The molecule has 1 saturated heterocycles. The molecule has 2 saturated carbocycles. The number of hydrogen-bond acceptors (Lipinski definition) is 6. The number of ether oxygens (including phenoxy) is 4. The molecule has 0 N–H and O–H groups in total. The van der Waals surface area contributed by atoms with Gasteiger partial charge in [0.2, 0.25) is 0 Å². The highest BCUT2D eigenvalue weighted by Gasteiger charge is 2.64. The van der Waals surface area contributed by atoms with Crippen LogP contribution in [-0.2, 0) is 31.3 Å². The summed E-state index contributed by atoms with van der Waals surface area (Å²) in [4.78, 5) is 23.6. The fourth-order valence-corrected chi connectivity index (χ4v) is 7.82. The molecule has 4 aliphatic rings. The summed E-state index contributed by atoms with van der Waals surface area (Å²) in [5, 5.41) is 0. The Hall–Kier alpha value is -2.70. The molecule has 7 atom stereocenters. The monoisotopic (exact) mass is 490 g/mol. The van der Waals surface area contributed by atoms with Gasteiger partial charge in [0.25, 0.3) is 0 Å². The molecular weight excluding hydrogens is 456 g/mol. The van der Waals surface area contributed by atoms with Crippen LogP contribution in [0.1, 0.15) is 76.0 Å². The van der Waals surface area contributed by atoms with E-state index in [4.69, 9.17) is 18.9 Å². The van der Waals surface area contributed by atoms with Gasteiger partial charge in [0.1, 0.15) is 11.5 Å². The van der Waals surface area contributed by atoms with Crippen LogP contribution in [0.5, 0.6) is 11.5 Å². The molecule has 6 rings (SSSR count). The number of aryl methyl sites for hydroxylation is 1. The molecule has 1 unspecified atom stereocenters. The highest BCUT2D eigenvalue weighted by molar-refractivity contribution is 5.72. The standard InChI is InChI=1S/C30H34O6/c1-17(31)33-21-14-19-10-11-22-23(27(19)25(15-21)34-18(2)32)12-13-29(3)24(22)16-26-28(29)36-30(4,35-26)20-8-6-5-7-9-20/h5-9,14-15,22-24,26,28H,10-13,16H2,1-4H3/t22-,23-,24-,26+,28+,29-,30?/m0/s1. The third-order valence-electron chi connectivity index (χ3n) is 9.21. The van der Waals surface area contributed by atoms with Crippen molar-refractivity contribution >= 4 is 11.9 Å². The Morgan fingerprint density at radius 2 is 1.72 bits per heavy atom. The van der Waals surface area contributed by atoms with Crippen molar-refractivity contribution in [2.24, 2.45) is 17.3 Å². The number of carbonyl (C=O) groups is 2. The van der Waals surface area contributed by atoms with E-state index in [1.54, 1.807) is 6.07 Å². The molecule has 2 aromatic rings. The van der Waals surface area contributed by atoms with Gasteiger partial charge in [-0.3, -0.25) is 9.59 Å². The zero-order valence-corrected chi connectivity index (χ0v) is 21.4. The average molecular weight is 491 g/mol. The van der Waals surface area contributed by atoms with Gasteiger partial charge >= 0.3 is 11.9 Å². The molecule has 0 spiro atoms. The highest BCUT2D eigenvalue weighted by Crippen LogP contribution is 2.65. The average Bonchev–Trinajstić information content (AvgIpc) is 3.31. The lowest BCUT2D eigenvalue weighted by atomic mass is 9.55. The number of rotatable bonds is 3. The molecule has 3 fully saturated rings. The predicted molar refractivity (Wildman–Crippen MR) is 133 cm³/mol. The van der Waals surface area contributed by atoms with E-state index in [0.717, 1.165) is 48.8 Å². The van der Waals surface area contributed by atoms with Crippen LogP contribution in [-0.4, -0.2) is 24.1 Å². The van der Waals surface area contributed by atoms with Gasteiger partial charge in [0, 0.05) is 31.0 Å². The third kappa shape index (κ3) is 3.69. The molecule has 190 valence electrons. The summed E-state index contributed by atoms with van der Waals surface area (Å²) in [6.45, 7) is 7.24. The van der Waals surface area contributed by atoms with Crippen LogP contribution in [0.3, 0.4) is 0 Å². The largest absolute Gasteiger partial charge is 0.427 e. The zero-order chi connectivity index (χ0) is 25.2. The van der Waals surface area contributed by atoms with E-state index in [1.807, 2.05) is 31.2 Å². The van der Waals surface area contributed by atoms with Crippen LogP contribution in [0.25, 0.3) is 0 Å². The van der Waals surface area contributed by atoms with Crippen LogP contribution in [0, 0.1) is 17.3 Å². The summed E-state index contributed by atoms with van der Waals surface area (Å²) in [7, 11) is 0. The number of hydrogen-bond donors (Lipinski definition) is 0. The Morgan fingerprint density at radius 1 is 0.972 bits per heavy atom. The second kappa shape index (κ2) is 8.42. The minimum atomic E-state index is -0.712. The Morgan fingerprint density at radius 3 is 2.44 bits per heavy atom. The molecule has 6 heteroatoms. The first kappa shape index (κ1) is 23.7. The Balaban J connectivity index is 1.30. The Labute approximate surface area is 212 Å². The minimum Gasteiger partial charge on any atom is -0.427 e. The Bertz CT molecular complexity index is 1210. The van der Waals surface area contributed by atoms with Gasteiger partial charge in [-0.05, 0) is 73.8 Å². The summed E-state index contributed by atoms with van der Waals surface area (Å²) >= 11 is 0. The fraction of sp³-hybridized carbons (Fsp3) is 0.533. The van der Waals surface area contributed by atoms with Crippen molar-refractivity contribution in [3.63, 3.8) is 0 Å². The molecule has 36 heavy (non-hydrogen) atoms. The molecule has 0 amide bonds. The second-order valence-corrected chi connectivity index (χ2v) is 11.4. The summed E-state index contributed by atoms with van der Waals surface area (Å²) in [6.07, 6.45) is 5.06. The number of fused-ring (bicyclic) bond motifs is 7. The van der Waals surface area contributed by atoms with Gasteiger partial charge in [0.15, 0.2) is 5.79 Å². The molecule has 3 aliphatic carbocycles. The van der Waals surface area contributed by atoms with E-state index >= 15 is 0 Å². The second-order valence-electron chi connectivity index (χ2n) is 11.4. The maximum absolute atomic E-state index is 12.0. The Kier molecular flexibility index (Phi) is 5.54. The molecule has 1 heterocycles. The molecule has 2 aromatic carbocycles. The van der Waals surface area contributed by atoms with Crippen LogP contribution in [0.15, 0.2) is 42.5 Å². The molecule has 1 aliphatic heterocycles. The number of benzene rings is 2. The number of esters is 2. The molecule has 0 radical (unpaired) electrons. The summed E-state index contributed by atoms with van der Waals surface area (Å²) in [6, 6.07) is 13.9. The van der Waals surface area contributed by atoms with Crippen LogP contribution in [0.2, 0.25) is 0 Å². The fourth-order valence-electron chi connectivity index (χ4n) is 7.82. The van der Waals surface area contributed by atoms with E-state index in [1.165, 1.54) is 13.8 Å². The van der Waals surface area contributed by atoms with Crippen molar-refractivity contribution in [1.29, 1.82) is 0 Å². The first-order chi connectivity index (χ1) is 17.2. The summed E-state index contributed by atoms with van der Waals surface area (Å²) in [5.41, 5.74) is 3.34. The van der Waals surface area contributed by atoms with E-state index in [0.29, 0.717) is 29.3 Å². The van der Waals surface area contributed by atoms with Gasteiger partial charge in [-0.15, -0.1) is 0 Å².